The number of amides is 1. The Labute approximate surface area is 160 Å². The van der Waals surface area contributed by atoms with E-state index in [1.165, 1.54) is 5.56 Å². The van der Waals surface area contributed by atoms with Crippen LogP contribution in [0.15, 0.2) is 66.7 Å². The summed E-state index contributed by atoms with van der Waals surface area (Å²) in [5, 5.41) is 14.5. The first kappa shape index (κ1) is 19.8. The van der Waals surface area contributed by atoms with Crippen molar-refractivity contribution in [1.29, 1.82) is 0 Å². The fourth-order valence-corrected chi connectivity index (χ4v) is 3.08. The van der Waals surface area contributed by atoms with Gasteiger partial charge >= 0.3 is 0 Å². The summed E-state index contributed by atoms with van der Waals surface area (Å²) < 4.78 is 0.561. The Hall–Kier alpha value is -2.56. The fourth-order valence-electron chi connectivity index (χ4n) is 3.08. The minimum absolute atomic E-state index is 0. The molecule has 5 heteroatoms. The van der Waals surface area contributed by atoms with Crippen molar-refractivity contribution in [2.75, 3.05) is 26.0 Å². The zero-order valence-electron chi connectivity index (χ0n) is 14.9. The Morgan fingerprint density at radius 3 is 2.46 bits per heavy atom. The highest BCUT2D eigenvalue weighted by molar-refractivity contribution is 6.02. The molecule has 0 saturated carbocycles. The summed E-state index contributed by atoms with van der Waals surface area (Å²) in [5.74, 6) is 0.145. The third-order valence-corrected chi connectivity index (χ3v) is 4.16. The van der Waals surface area contributed by atoms with E-state index in [1.807, 2.05) is 56.6 Å². The molecule has 2 N–H and O–H groups in total. The Kier molecular flexibility index (Phi) is 6.24. The molecule has 3 rings (SSSR count). The van der Waals surface area contributed by atoms with Gasteiger partial charge in [-0.2, -0.15) is 0 Å². The summed E-state index contributed by atoms with van der Waals surface area (Å²) in [6.45, 7) is 1.15. The van der Waals surface area contributed by atoms with E-state index in [0.717, 1.165) is 23.0 Å². The van der Waals surface area contributed by atoms with Gasteiger partial charge in [-0.1, -0.05) is 48.5 Å². The predicted octanol–water partition coefficient (Wildman–Crippen LogP) is 0.764. The molecule has 0 saturated heterocycles. The number of benzene rings is 3. The van der Waals surface area contributed by atoms with Gasteiger partial charge in [-0.05, 0) is 23.6 Å². The first-order chi connectivity index (χ1) is 11.9. The summed E-state index contributed by atoms with van der Waals surface area (Å²) >= 11 is 0. The van der Waals surface area contributed by atoms with Crippen LogP contribution in [0.1, 0.15) is 5.56 Å². The summed E-state index contributed by atoms with van der Waals surface area (Å²) in [7, 11) is 4.09. The van der Waals surface area contributed by atoms with E-state index in [9.17, 15) is 9.90 Å². The molecule has 136 valence electrons. The maximum atomic E-state index is 12.6. The molecule has 0 fully saturated rings. The van der Waals surface area contributed by atoms with Crippen LogP contribution >= 0.6 is 0 Å². The number of halogens is 1. The van der Waals surface area contributed by atoms with Gasteiger partial charge in [-0.15, -0.1) is 0 Å². The number of quaternary nitrogens is 1. The highest BCUT2D eigenvalue weighted by atomic mass is 35.5. The van der Waals surface area contributed by atoms with Crippen molar-refractivity contribution < 1.29 is 26.8 Å². The van der Waals surface area contributed by atoms with Crippen molar-refractivity contribution in [3.8, 4) is 5.75 Å². The van der Waals surface area contributed by atoms with Gasteiger partial charge < -0.3 is 27.3 Å². The lowest BCUT2D eigenvalue weighted by atomic mass is 10.1. The molecule has 0 aliphatic heterocycles. The number of anilines is 1. The number of fused-ring (bicyclic) bond motifs is 1. The van der Waals surface area contributed by atoms with Gasteiger partial charge in [-0.25, -0.2) is 0 Å². The standard InChI is InChI=1S/C21H22N2O2.ClH/c1-23(2,14-16-7-4-3-5-8-16)15-21(25)22-20-10-6-9-17-11-12-18(24)13-19(17)20;/h3-13H,14-15H2,1-2H3,(H-,22,24,25);1H. The van der Waals surface area contributed by atoms with Crippen LogP contribution in [0.4, 0.5) is 5.69 Å². The van der Waals surface area contributed by atoms with Gasteiger partial charge in [-0.3, -0.25) is 4.79 Å². The van der Waals surface area contributed by atoms with Crippen LogP contribution in [0, 0.1) is 0 Å². The second-order valence-electron chi connectivity index (χ2n) is 7.00. The first-order valence-electron chi connectivity index (χ1n) is 8.30. The summed E-state index contributed by atoms with van der Waals surface area (Å²) in [6.07, 6.45) is 0. The molecule has 0 aromatic heterocycles. The van der Waals surface area contributed by atoms with Crippen LogP contribution in [0.3, 0.4) is 0 Å². The Morgan fingerprint density at radius 1 is 1.00 bits per heavy atom. The Balaban J connectivity index is 0.00000243. The molecule has 26 heavy (non-hydrogen) atoms. The Morgan fingerprint density at radius 2 is 1.73 bits per heavy atom. The number of hydrogen-bond donors (Lipinski definition) is 2. The molecule has 0 aliphatic carbocycles. The van der Waals surface area contributed by atoms with E-state index in [-0.39, 0.29) is 24.1 Å². The van der Waals surface area contributed by atoms with E-state index < -0.39 is 0 Å². The molecule has 1 amide bonds. The van der Waals surface area contributed by atoms with Gasteiger partial charge in [0, 0.05) is 16.6 Å². The molecule has 0 spiro atoms. The summed E-state index contributed by atoms with van der Waals surface area (Å²) in [5.41, 5.74) is 1.92. The average molecular weight is 371 g/mol. The van der Waals surface area contributed by atoms with Crippen molar-refractivity contribution >= 4 is 22.4 Å². The van der Waals surface area contributed by atoms with E-state index >= 15 is 0 Å². The highest BCUT2D eigenvalue weighted by Crippen LogP contribution is 2.27. The second kappa shape index (κ2) is 8.21. The fraction of sp³-hybridized carbons (Fsp3) is 0.190. The maximum absolute atomic E-state index is 12.6. The SMILES string of the molecule is C[N+](C)(CC(=O)Nc1cccc2ccc(O)cc12)Cc1ccccc1.[Cl-]. The van der Waals surface area contributed by atoms with Crippen LogP contribution in [0.2, 0.25) is 0 Å². The molecule has 0 bridgehead atoms. The molecule has 3 aromatic carbocycles. The number of carbonyl (C=O) groups excluding carboxylic acids is 1. The Bertz CT molecular complexity index is 895. The predicted molar refractivity (Wildman–Crippen MR) is 101 cm³/mol. The summed E-state index contributed by atoms with van der Waals surface area (Å²) in [4.78, 5) is 12.6. The quantitative estimate of drug-likeness (QED) is 0.652. The zero-order chi connectivity index (χ0) is 17.9. The van der Waals surface area contributed by atoms with Gasteiger partial charge in [0.05, 0.1) is 14.1 Å². The second-order valence-corrected chi connectivity index (χ2v) is 7.00. The van der Waals surface area contributed by atoms with Crippen LogP contribution < -0.4 is 17.7 Å². The molecule has 0 atom stereocenters. The molecule has 3 aromatic rings. The van der Waals surface area contributed by atoms with Crippen molar-refractivity contribution in [2.24, 2.45) is 0 Å². The number of phenolic OH excluding ortho intramolecular Hbond substituents is 1. The highest BCUT2D eigenvalue weighted by Gasteiger charge is 2.21. The van der Waals surface area contributed by atoms with E-state index in [1.54, 1.807) is 12.1 Å². The molecular weight excluding hydrogens is 348 g/mol. The van der Waals surface area contributed by atoms with Crippen molar-refractivity contribution in [2.45, 2.75) is 6.54 Å². The monoisotopic (exact) mass is 370 g/mol. The van der Waals surface area contributed by atoms with E-state index in [0.29, 0.717) is 11.0 Å². The molecule has 0 radical (unpaired) electrons. The lowest BCUT2D eigenvalue weighted by molar-refractivity contribution is -0.895. The average Bonchev–Trinajstić information content (AvgIpc) is 2.55. The number of phenols is 1. The molecule has 0 unspecified atom stereocenters. The van der Waals surface area contributed by atoms with Crippen LogP contribution in [-0.4, -0.2) is 36.1 Å². The number of nitrogens with zero attached hydrogens (tertiary/aromatic N) is 1. The molecular formula is C21H23ClN2O2. The first-order valence-corrected chi connectivity index (χ1v) is 8.30. The third-order valence-electron chi connectivity index (χ3n) is 4.16. The van der Waals surface area contributed by atoms with Crippen LogP contribution in [-0.2, 0) is 11.3 Å². The van der Waals surface area contributed by atoms with Gasteiger partial charge in [0.1, 0.15) is 12.3 Å². The number of aromatic hydroxyl groups is 1. The van der Waals surface area contributed by atoms with Crippen LogP contribution in [0.5, 0.6) is 5.75 Å². The minimum Gasteiger partial charge on any atom is -1.00 e. The molecule has 0 aliphatic rings. The van der Waals surface area contributed by atoms with Gasteiger partial charge in [0.2, 0.25) is 0 Å². The number of nitrogens with one attached hydrogen (secondary N) is 1. The van der Waals surface area contributed by atoms with Gasteiger partial charge in [0.25, 0.3) is 5.91 Å². The van der Waals surface area contributed by atoms with E-state index in [2.05, 4.69) is 17.4 Å². The maximum Gasteiger partial charge on any atom is 0.279 e. The number of likely N-dealkylation sites (N-methyl/N-ethyl adjacent to an activating group) is 1. The van der Waals surface area contributed by atoms with Gasteiger partial charge in [0.15, 0.2) is 6.54 Å². The smallest absolute Gasteiger partial charge is 0.279 e. The third kappa shape index (κ3) is 4.97. The van der Waals surface area contributed by atoms with Crippen molar-refractivity contribution in [3.63, 3.8) is 0 Å². The molecule has 0 heterocycles. The normalized spacial score (nSPS) is 11.0. The van der Waals surface area contributed by atoms with E-state index in [4.69, 9.17) is 0 Å². The minimum atomic E-state index is -0.0447. The van der Waals surface area contributed by atoms with Crippen LogP contribution in [0.25, 0.3) is 10.8 Å². The van der Waals surface area contributed by atoms with Crippen molar-refractivity contribution in [1.82, 2.24) is 0 Å². The largest absolute Gasteiger partial charge is 1.00 e. The number of hydrogen-bond acceptors (Lipinski definition) is 2. The topological polar surface area (TPSA) is 49.3 Å². The van der Waals surface area contributed by atoms with Crippen molar-refractivity contribution in [3.05, 3.63) is 72.3 Å². The zero-order valence-corrected chi connectivity index (χ0v) is 15.7. The summed E-state index contributed by atoms with van der Waals surface area (Å²) in [6, 6.07) is 21.0. The molecule has 4 nitrogen and oxygen atoms in total. The lowest BCUT2D eigenvalue weighted by Crippen LogP contribution is -3.00. The number of rotatable bonds is 5. The number of carbonyl (C=O) groups is 1. The lowest BCUT2D eigenvalue weighted by Gasteiger charge is -2.29.